The number of anilines is 1. The number of carbonyl (C=O) groups is 1. The minimum Gasteiger partial charge on any atom is -0.325 e. The van der Waals surface area contributed by atoms with Gasteiger partial charge in [0.25, 0.3) is 0 Å². The third kappa shape index (κ3) is 3.29. The highest BCUT2D eigenvalue weighted by molar-refractivity contribution is 5.95. The molecule has 1 aromatic heterocycles. The predicted octanol–water partition coefficient (Wildman–Crippen LogP) is 2.69. The average molecular weight is 310 g/mol. The molecule has 1 aromatic carbocycles. The second-order valence-corrected chi connectivity index (χ2v) is 6.59. The highest BCUT2D eigenvalue weighted by atomic mass is 16.2. The third-order valence-corrected chi connectivity index (χ3v) is 4.74. The molecule has 120 valence electrons. The van der Waals surface area contributed by atoms with Crippen LogP contribution in [0.1, 0.15) is 25.7 Å². The molecule has 2 aliphatic rings. The summed E-state index contributed by atoms with van der Waals surface area (Å²) in [6, 6.07) is 9.75. The molecule has 1 N–H and O–H groups in total. The van der Waals surface area contributed by atoms with E-state index in [1.165, 1.54) is 12.8 Å². The molecule has 1 aliphatic heterocycles. The first-order valence-electron chi connectivity index (χ1n) is 8.44. The number of carbonyl (C=O) groups excluding carboxylic acids is 1. The number of hydrogen-bond acceptors (Lipinski definition) is 3. The fourth-order valence-corrected chi connectivity index (χ4v) is 3.35. The lowest BCUT2D eigenvalue weighted by atomic mass is 10.2. The van der Waals surface area contributed by atoms with Crippen LogP contribution in [0.15, 0.2) is 42.7 Å². The van der Waals surface area contributed by atoms with Crippen LogP contribution in [0, 0.1) is 5.92 Å². The van der Waals surface area contributed by atoms with E-state index >= 15 is 0 Å². The molecule has 0 bridgehead atoms. The highest BCUT2D eigenvalue weighted by Crippen LogP contribution is 2.32. The van der Waals surface area contributed by atoms with Crippen LogP contribution in [-0.2, 0) is 4.79 Å². The minimum atomic E-state index is 0.0314. The molecule has 2 aromatic rings. The van der Waals surface area contributed by atoms with Crippen molar-refractivity contribution in [2.45, 2.75) is 31.7 Å². The molecule has 1 aliphatic carbocycles. The lowest BCUT2D eigenvalue weighted by Gasteiger charge is -2.23. The fourth-order valence-electron chi connectivity index (χ4n) is 3.35. The number of likely N-dealkylation sites (tertiary alicyclic amines) is 1. The summed E-state index contributed by atoms with van der Waals surface area (Å²) in [6.45, 7) is 2.15. The average Bonchev–Trinajstić information content (AvgIpc) is 3.04. The van der Waals surface area contributed by atoms with Crippen LogP contribution in [0.2, 0.25) is 0 Å². The van der Waals surface area contributed by atoms with E-state index in [0.29, 0.717) is 0 Å². The van der Waals surface area contributed by atoms with E-state index in [9.17, 15) is 4.79 Å². The van der Waals surface area contributed by atoms with Crippen molar-refractivity contribution < 1.29 is 4.79 Å². The number of nitrogens with one attached hydrogen (secondary N) is 1. The SMILES string of the molecule is O=C(Nc1cccc(-n2cccn2)c1)[C@H]1CCCN1CC1CC1. The molecule has 1 atom stereocenters. The zero-order valence-corrected chi connectivity index (χ0v) is 13.2. The van der Waals surface area contributed by atoms with Gasteiger partial charge in [-0.25, -0.2) is 4.68 Å². The zero-order valence-electron chi connectivity index (χ0n) is 13.2. The van der Waals surface area contributed by atoms with Gasteiger partial charge in [0.15, 0.2) is 0 Å². The van der Waals surface area contributed by atoms with Crippen molar-refractivity contribution in [2.24, 2.45) is 5.92 Å². The van der Waals surface area contributed by atoms with Crippen molar-refractivity contribution in [3.8, 4) is 5.69 Å². The Balaban J connectivity index is 1.44. The minimum absolute atomic E-state index is 0.0314. The molecule has 2 fully saturated rings. The summed E-state index contributed by atoms with van der Waals surface area (Å²) < 4.78 is 1.80. The molecule has 2 heterocycles. The van der Waals surface area contributed by atoms with E-state index in [0.717, 1.165) is 43.2 Å². The molecule has 1 amide bonds. The van der Waals surface area contributed by atoms with Crippen molar-refractivity contribution in [1.29, 1.82) is 0 Å². The monoisotopic (exact) mass is 310 g/mol. The van der Waals surface area contributed by atoms with Gasteiger partial charge in [-0.05, 0) is 62.4 Å². The molecular formula is C18H22N4O. The van der Waals surface area contributed by atoms with Crippen LogP contribution in [0.4, 0.5) is 5.69 Å². The Morgan fingerprint density at radius 3 is 2.96 bits per heavy atom. The molecule has 5 nitrogen and oxygen atoms in total. The van der Waals surface area contributed by atoms with Crippen LogP contribution in [0.25, 0.3) is 5.69 Å². The Kier molecular flexibility index (Phi) is 3.87. The summed E-state index contributed by atoms with van der Waals surface area (Å²) in [5.74, 6) is 0.951. The molecule has 4 rings (SSSR count). The lowest BCUT2D eigenvalue weighted by molar-refractivity contribution is -0.120. The number of hydrogen-bond donors (Lipinski definition) is 1. The van der Waals surface area contributed by atoms with Crippen molar-refractivity contribution in [2.75, 3.05) is 18.4 Å². The molecule has 1 saturated carbocycles. The van der Waals surface area contributed by atoms with E-state index in [1.54, 1.807) is 10.9 Å². The molecule has 23 heavy (non-hydrogen) atoms. The van der Waals surface area contributed by atoms with Gasteiger partial charge in [-0.3, -0.25) is 9.69 Å². The van der Waals surface area contributed by atoms with Gasteiger partial charge < -0.3 is 5.32 Å². The Bertz CT molecular complexity index is 678. The molecule has 1 saturated heterocycles. The van der Waals surface area contributed by atoms with Gasteiger partial charge in [0, 0.05) is 24.6 Å². The summed E-state index contributed by atoms with van der Waals surface area (Å²) in [5, 5.41) is 7.32. The first-order valence-corrected chi connectivity index (χ1v) is 8.44. The number of benzene rings is 1. The largest absolute Gasteiger partial charge is 0.325 e. The Morgan fingerprint density at radius 2 is 2.17 bits per heavy atom. The maximum absolute atomic E-state index is 12.6. The Labute approximate surface area is 136 Å². The van der Waals surface area contributed by atoms with Gasteiger partial charge in [0.1, 0.15) is 0 Å². The van der Waals surface area contributed by atoms with Gasteiger partial charge in [0.05, 0.1) is 11.7 Å². The van der Waals surface area contributed by atoms with Gasteiger partial charge >= 0.3 is 0 Å². The van der Waals surface area contributed by atoms with E-state index in [4.69, 9.17) is 0 Å². The highest BCUT2D eigenvalue weighted by Gasteiger charge is 2.34. The quantitative estimate of drug-likeness (QED) is 0.924. The first-order chi connectivity index (χ1) is 11.3. The van der Waals surface area contributed by atoms with Crippen LogP contribution in [0.5, 0.6) is 0 Å². The van der Waals surface area contributed by atoms with E-state index in [1.807, 2.05) is 36.5 Å². The summed E-state index contributed by atoms with van der Waals surface area (Å²) in [7, 11) is 0. The Hall–Kier alpha value is -2.14. The van der Waals surface area contributed by atoms with Crippen molar-refractivity contribution in [3.05, 3.63) is 42.7 Å². The van der Waals surface area contributed by atoms with Crippen LogP contribution in [-0.4, -0.2) is 39.7 Å². The topological polar surface area (TPSA) is 50.2 Å². The summed E-state index contributed by atoms with van der Waals surface area (Å²) in [5.41, 5.74) is 1.79. The first kappa shape index (κ1) is 14.5. The third-order valence-electron chi connectivity index (χ3n) is 4.74. The smallest absolute Gasteiger partial charge is 0.241 e. The second-order valence-electron chi connectivity index (χ2n) is 6.59. The Morgan fingerprint density at radius 1 is 1.26 bits per heavy atom. The van der Waals surface area contributed by atoms with Crippen LogP contribution < -0.4 is 5.32 Å². The second kappa shape index (κ2) is 6.16. The summed E-state index contributed by atoms with van der Waals surface area (Å²) in [6.07, 6.45) is 8.40. The number of rotatable bonds is 5. The predicted molar refractivity (Wildman–Crippen MR) is 89.5 cm³/mol. The molecule has 0 unspecified atom stereocenters. The van der Waals surface area contributed by atoms with Gasteiger partial charge in [-0.2, -0.15) is 5.10 Å². The van der Waals surface area contributed by atoms with E-state index < -0.39 is 0 Å². The molecule has 0 spiro atoms. The maximum Gasteiger partial charge on any atom is 0.241 e. The number of amides is 1. The standard InChI is InChI=1S/C18H22N4O/c23-18(17-6-2-10-21(17)13-14-7-8-14)20-15-4-1-5-16(12-15)22-11-3-9-19-22/h1,3-5,9,11-12,14,17H,2,6-8,10,13H2,(H,20,23)/t17-/m1/s1. The van der Waals surface area contributed by atoms with Gasteiger partial charge in [-0.15, -0.1) is 0 Å². The van der Waals surface area contributed by atoms with E-state index in [-0.39, 0.29) is 11.9 Å². The zero-order chi connectivity index (χ0) is 15.6. The van der Waals surface area contributed by atoms with Gasteiger partial charge in [-0.1, -0.05) is 6.07 Å². The summed E-state index contributed by atoms with van der Waals surface area (Å²) in [4.78, 5) is 15.0. The summed E-state index contributed by atoms with van der Waals surface area (Å²) >= 11 is 0. The van der Waals surface area contributed by atoms with Crippen LogP contribution in [0.3, 0.4) is 0 Å². The molecule has 0 radical (unpaired) electrons. The molecular weight excluding hydrogens is 288 g/mol. The lowest BCUT2D eigenvalue weighted by Crippen LogP contribution is -2.40. The van der Waals surface area contributed by atoms with Gasteiger partial charge in [0.2, 0.25) is 5.91 Å². The fraction of sp³-hybridized carbons (Fsp3) is 0.444. The number of aromatic nitrogens is 2. The van der Waals surface area contributed by atoms with Crippen molar-refractivity contribution in [1.82, 2.24) is 14.7 Å². The number of nitrogens with zero attached hydrogens (tertiary/aromatic N) is 3. The molecule has 5 heteroatoms. The normalized spacial score (nSPS) is 21.5. The van der Waals surface area contributed by atoms with Crippen LogP contribution >= 0.6 is 0 Å². The maximum atomic E-state index is 12.6. The van der Waals surface area contributed by atoms with Crippen molar-refractivity contribution >= 4 is 11.6 Å². The van der Waals surface area contributed by atoms with E-state index in [2.05, 4.69) is 15.3 Å². The van der Waals surface area contributed by atoms with Crippen molar-refractivity contribution in [3.63, 3.8) is 0 Å².